The van der Waals surface area contributed by atoms with Gasteiger partial charge in [0.25, 0.3) is 0 Å². The van der Waals surface area contributed by atoms with Crippen LogP contribution in [0, 0.1) is 0 Å². The second-order valence-corrected chi connectivity index (χ2v) is 4.15. The van der Waals surface area contributed by atoms with Gasteiger partial charge in [0.15, 0.2) is 0 Å². The molecule has 0 saturated carbocycles. The number of benzene rings is 1. The first-order valence-corrected chi connectivity index (χ1v) is 5.79. The van der Waals surface area contributed by atoms with Gasteiger partial charge in [-0.15, -0.1) is 5.10 Å². The quantitative estimate of drug-likeness (QED) is 0.901. The monoisotopic (exact) mass is 271 g/mol. The van der Waals surface area contributed by atoms with Gasteiger partial charge in [-0.25, -0.2) is 0 Å². The zero-order valence-corrected chi connectivity index (χ0v) is 10.6. The number of rotatable bonds is 3. The summed E-state index contributed by atoms with van der Waals surface area (Å²) >= 11 is 11.8. The zero-order chi connectivity index (χ0) is 12.4. The van der Waals surface area contributed by atoms with Crippen molar-refractivity contribution in [2.75, 3.05) is 17.6 Å². The predicted molar refractivity (Wildman–Crippen MR) is 70.0 cm³/mol. The van der Waals surface area contributed by atoms with Crippen molar-refractivity contribution < 1.29 is 0 Å². The third kappa shape index (κ3) is 2.45. The maximum absolute atomic E-state index is 5.93. The predicted octanol–water partition coefficient (Wildman–Crippen LogP) is 2.59. The van der Waals surface area contributed by atoms with E-state index in [9.17, 15) is 0 Å². The summed E-state index contributed by atoms with van der Waals surface area (Å²) in [5, 5.41) is 8.13. The van der Waals surface area contributed by atoms with Crippen LogP contribution in [0.25, 0.3) is 5.69 Å². The minimum Gasteiger partial charge on any atom is -0.368 e. The van der Waals surface area contributed by atoms with Gasteiger partial charge in [0.1, 0.15) is 0 Å². The Hall–Kier alpha value is -1.46. The summed E-state index contributed by atoms with van der Waals surface area (Å²) in [6.45, 7) is 2.68. The number of halogens is 2. The molecule has 2 aromatic rings. The van der Waals surface area contributed by atoms with Crippen molar-refractivity contribution in [2.45, 2.75) is 6.92 Å². The Morgan fingerprint density at radius 2 is 2.12 bits per heavy atom. The summed E-state index contributed by atoms with van der Waals surface area (Å²) in [5.41, 5.74) is 6.48. The first kappa shape index (κ1) is 12.0. The van der Waals surface area contributed by atoms with E-state index in [4.69, 9.17) is 28.9 Å². The molecular formula is C10H11Cl2N5. The third-order valence-corrected chi connectivity index (χ3v) is 2.85. The number of nitrogens with one attached hydrogen (secondary N) is 1. The second-order valence-electron chi connectivity index (χ2n) is 3.33. The van der Waals surface area contributed by atoms with Crippen LogP contribution in [0.2, 0.25) is 10.0 Å². The minimum absolute atomic E-state index is 0.291. The molecular weight excluding hydrogens is 261 g/mol. The lowest BCUT2D eigenvalue weighted by molar-refractivity contribution is 0.889. The Kier molecular flexibility index (Phi) is 3.40. The molecule has 0 spiro atoms. The summed E-state index contributed by atoms with van der Waals surface area (Å²) in [4.78, 5) is 4.07. The van der Waals surface area contributed by atoms with Crippen LogP contribution in [0.4, 0.5) is 11.9 Å². The van der Waals surface area contributed by atoms with Crippen molar-refractivity contribution in [3.8, 4) is 5.69 Å². The molecule has 1 aromatic heterocycles. The molecule has 7 heteroatoms. The van der Waals surface area contributed by atoms with Crippen molar-refractivity contribution in [1.82, 2.24) is 14.8 Å². The lowest BCUT2D eigenvalue weighted by atomic mass is 10.3. The molecule has 0 saturated heterocycles. The van der Waals surface area contributed by atoms with Gasteiger partial charge in [-0.3, -0.25) is 0 Å². The van der Waals surface area contributed by atoms with Crippen LogP contribution >= 0.6 is 23.2 Å². The summed E-state index contributed by atoms with van der Waals surface area (Å²) < 4.78 is 1.50. The van der Waals surface area contributed by atoms with Crippen LogP contribution in [0.5, 0.6) is 0 Å². The van der Waals surface area contributed by atoms with Crippen molar-refractivity contribution in [3.05, 3.63) is 28.2 Å². The molecule has 0 amide bonds. The van der Waals surface area contributed by atoms with E-state index >= 15 is 0 Å². The molecule has 0 bridgehead atoms. The lowest BCUT2D eigenvalue weighted by Crippen LogP contribution is -2.02. The van der Waals surface area contributed by atoms with Gasteiger partial charge in [-0.1, -0.05) is 23.2 Å². The average molecular weight is 272 g/mol. The highest BCUT2D eigenvalue weighted by Gasteiger charge is 2.09. The number of anilines is 2. The van der Waals surface area contributed by atoms with E-state index in [1.165, 1.54) is 4.68 Å². The van der Waals surface area contributed by atoms with Crippen molar-refractivity contribution >= 4 is 35.1 Å². The molecule has 3 N–H and O–H groups in total. The highest BCUT2D eigenvalue weighted by Crippen LogP contribution is 2.25. The Morgan fingerprint density at radius 3 is 2.76 bits per heavy atom. The molecule has 1 aromatic carbocycles. The molecule has 0 atom stereocenters. The normalized spacial score (nSPS) is 10.5. The molecule has 0 fully saturated rings. The van der Waals surface area contributed by atoms with Crippen molar-refractivity contribution in [3.63, 3.8) is 0 Å². The smallest absolute Gasteiger partial charge is 0.244 e. The van der Waals surface area contributed by atoms with Crippen LogP contribution in [0.15, 0.2) is 18.2 Å². The fourth-order valence-corrected chi connectivity index (χ4v) is 1.66. The van der Waals surface area contributed by atoms with Crippen molar-refractivity contribution in [2.24, 2.45) is 0 Å². The van der Waals surface area contributed by atoms with Gasteiger partial charge < -0.3 is 11.1 Å². The largest absolute Gasteiger partial charge is 0.368 e. The first-order chi connectivity index (χ1) is 8.11. The van der Waals surface area contributed by atoms with Crippen LogP contribution in [-0.2, 0) is 0 Å². The van der Waals surface area contributed by atoms with E-state index in [1.54, 1.807) is 18.2 Å². The lowest BCUT2D eigenvalue weighted by Gasteiger charge is -2.03. The molecule has 1 heterocycles. The molecule has 90 valence electrons. The number of hydrogen-bond donors (Lipinski definition) is 2. The van der Waals surface area contributed by atoms with Gasteiger partial charge in [-0.05, 0) is 25.1 Å². The average Bonchev–Trinajstić information content (AvgIpc) is 2.64. The number of nitrogens with zero attached hydrogens (tertiary/aromatic N) is 3. The van der Waals surface area contributed by atoms with Crippen LogP contribution < -0.4 is 11.1 Å². The summed E-state index contributed by atoms with van der Waals surface area (Å²) in [6.07, 6.45) is 0. The highest BCUT2D eigenvalue weighted by atomic mass is 35.5. The molecule has 0 unspecified atom stereocenters. The maximum Gasteiger partial charge on any atom is 0.244 e. The first-order valence-electron chi connectivity index (χ1n) is 5.03. The molecule has 17 heavy (non-hydrogen) atoms. The van der Waals surface area contributed by atoms with E-state index in [0.717, 1.165) is 6.54 Å². The Labute approximate surface area is 109 Å². The van der Waals surface area contributed by atoms with Crippen LogP contribution in [0.3, 0.4) is 0 Å². The van der Waals surface area contributed by atoms with E-state index in [1.807, 2.05) is 6.92 Å². The fourth-order valence-electron chi connectivity index (χ4n) is 1.36. The molecule has 0 radical (unpaired) electrons. The Morgan fingerprint density at radius 1 is 1.35 bits per heavy atom. The molecule has 0 aliphatic rings. The van der Waals surface area contributed by atoms with E-state index in [2.05, 4.69) is 15.4 Å². The van der Waals surface area contributed by atoms with Gasteiger partial charge in [0.2, 0.25) is 11.9 Å². The van der Waals surface area contributed by atoms with E-state index in [-0.39, 0.29) is 0 Å². The number of aromatic nitrogens is 3. The second kappa shape index (κ2) is 4.81. The minimum atomic E-state index is 0.291. The fraction of sp³-hybridized carbons (Fsp3) is 0.200. The Balaban J connectivity index is 2.41. The molecule has 0 aliphatic heterocycles. The topological polar surface area (TPSA) is 68.8 Å². The summed E-state index contributed by atoms with van der Waals surface area (Å²) in [7, 11) is 0. The number of nitrogens with two attached hydrogens (primary N) is 1. The number of nitrogen functional groups attached to an aromatic ring is 1. The van der Waals surface area contributed by atoms with Crippen LogP contribution in [-0.4, -0.2) is 21.3 Å². The SMILES string of the molecule is CCNc1nc(N)n(-c2ccc(Cl)c(Cl)c2)n1. The van der Waals surface area contributed by atoms with Crippen LogP contribution in [0.1, 0.15) is 6.92 Å². The van der Waals surface area contributed by atoms with E-state index < -0.39 is 0 Å². The summed E-state index contributed by atoms with van der Waals surface area (Å²) in [6, 6.07) is 5.15. The molecule has 5 nitrogen and oxygen atoms in total. The Bertz CT molecular complexity index is 537. The van der Waals surface area contributed by atoms with Gasteiger partial charge in [-0.2, -0.15) is 9.67 Å². The van der Waals surface area contributed by atoms with Gasteiger partial charge in [0, 0.05) is 6.54 Å². The van der Waals surface area contributed by atoms with Gasteiger partial charge in [0.05, 0.1) is 15.7 Å². The van der Waals surface area contributed by atoms with Crippen molar-refractivity contribution in [1.29, 1.82) is 0 Å². The third-order valence-electron chi connectivity index (χ3n) is 2.11. The zero-order valence-electron chi connectivity index (χ0n) is 9.11. The summed E-state index contributed by atoms with van der Waals surface area (Å²) in [5.74, 6) is 0.774. The maximum atomic E-state index is 5.93. The molecule has 2 rings (SSSR count). The van der Waals surface area contributed by atoms with Gasteiger partial charge >= 0.3 is 0 Å². The van der Waals surface area contributed by atoms with E-state index in [0.29, 0.717) is 27.6 Å². The molecule has 0 aliphatic carbocycles. The number of hydrogen-bond acceptors (Lipinski definition) is 4. The highest BCUT2D eigenvalue weighted by molar-refractivity contribution is 6.42. The standard InChI is InChI=1S/C10H11Cl2N5/c1-2-14-10-15-9(13)17(16-10)6-3-4-7(11)8(12)5-6/h3-5H,2H2,1H3,(H3,13,14,15,16).